The zero-order valence-corrected chi connectivity index (χ0v) is 12.2. The van der Waals surface area contributed by atoms with E-state index in [1.165, 1.54) is 12.1 Å². The summed E-state index contributed by atoms with van der Waals surface area (Å²) in [6.07, 6.45) is 0.765. The van der Waals surface area contributed by atoms with Crippen molar-refractivity contribution in [1.29, 1.82) is 0 Å². The van der Waals surface area contributed by atoms with Gasteiger partial charge in [0.05, 0.1) is 17.2 Å². The lowest BCUT2D eigenvalue weighted by atomic mass is 10.1. The molecule has 0 saturated carbocycles. The van der Waals surface area contributed by atoms with Crippen LogP contribution in [0.4, 0.5) is 4.39 Å². The van der Waals surface area contributed by atoms with Gasteiger partial charge in [-0.15, -0.1) is 0 Å². The number of pyridine rings is 1. The Hall–Kier alpha value is -2.01. The molecule has 4 nitrogen and oxygen atoms in total. The summed E-state index contributed by atoms with van der Waals surface area (Å²) in [7, 11) is 0. The highest BCUT2D eigenvalue weighted by Crippen LogP contribution is 2.19. The fourth-order valence-electron chi connectivity index (χ4n) is 2.17. The average molecular weight is 290 g/mol. The van der Waals surface area contributed by atoms with Crippen molar-refractivity contribution in [3.05, 3.63) is 41.3 Å². The molecule has 0 fully saturated rings. The second-order valence-electron chi connectivity index (χ2n) is 5.08. The molecule has 0 radical (unpaired) electrons. The fourth-order valence-corrected chi connectivity index (χ4v) is 2.17. The van der Waals surface area contributed by atoms with E-state index in [1.54, 1.807) is 19.1 Å². The van der Waals surface area contributed by atoms with Crippen LogP contribution in [0, 0.1) is 12.7 Å². The maximum Gasteiger partial charge on any atom is 0.252 e. The van der Waals surface area contributed by atoms with Gasteiger partial charge in [0.1, 0.15) is 5.82 Å². The van der Waals surface area contributed by atoms with Crippen LogP contribution in [-0.2, 0) is 0 Å². The Labute approximate surface area is 123 Å². The first-order valence-corrected chi connectivity index (χ1v) is 7.04. The van der Waals surface area contributed by atoms with E-state index in [0.717, 1.165) is 0 Å². The number of amides is 1. The van der Waals surface area contributed by atoms with Gasteiger partial charge in [-0.25, -0.2) is 4.39 Å². The molecule has 0 saturated heterocycles. The number of nitrogens with zero attached hydrogens (tertiary/aromatic N) is 1. The number of hydrogen-bond acceptors (Lipinski definition) is 3. The standard InChI is InChI=1S/C16H19FN2O2/c1-3-12(20)6-7-18-16(21)14-8-10(2)19-15-9-11(17)4-5-13(14)15/h4-5,8-9,12,20H,3,6-7H2,1-2H3,(H,18,21). The molecule has 1 aromatic carbocycles. The van der Waals surface area contributed by atoms with Crippen molar-refractivity contribution in [3.63, 3.8) is 0 Å². The number of aliphatic hydroxyl groups is 1. The fraction of sp³-hybridized carbons (Fsp3) is 0.375. The van der Waals surface area contributed by atoms with Crippen LogP contribution in [0.5, 0.6) is 0 Å². The molecule has 112 valence electrons. The lowest BCUT2D eigenvalue weighted by Crippen LogP contribution is -2.27. The highest BCUT2D eigenvalue weighted by molar-refractivity contribution is 6.06. The first-order chi connectivity index (χ1) is 10.0. The number of aliphatic hydroxyl groups excluding tert-OH is 1. The summed E-state index contributed by atoms with van der Waals surface area (Å²) >= 11 is 0. The zero-order chi connectivity index (χ0) is 15.4. The smallest absolute Gasteiger partial charge is 0.252 e. The van der Waals surface area contributed by atoms with Crippen molar-refractivity contribution in [2.45, 2.75) is 32.8 Å². The Morgan fingerprint density at radius 1 is 1.43 bits per heavy atom. The maximum absolute atomic E-state index is 13.3. The highest BCUT2D eigenvalue weighted by Gasteiger charge is 2.12. The van der Waals surface area contributed by atoms with E-state index in [0.29, 0.717) is 41.5 Å². The van der Waals surface area contributed by atoms with Crippen molar-refractivity contribution in [1.82, 2.24) is 10.3 Å². The van der Waals surface area contributed by atoms with Gasteiger partial charge in [-0.1, -0.05) is 6.92 Å². The number of aromatic nitrogens is 1. The summed E-state index contributed by atoms with van der Waals surface area (Å²) in [4.78, 5) is 16.5. The Kier molecular flexibility index (Phi) is 4.85. The molecule has 0 spiro atoms. The van der Waals surface area contributed by atoms with Gasteiger partial charge in [-0.2, -0.15) is 0 Å². The molecule has 0 bridgehead atoms. The number of hydrogen-bond donors (Lipinski definition) is 2. The molecule has 2 aromatic rings. The highest BCUT2D eigenvalue weighted by atomic mass is 19.1. The van der Waals surface area contributed by atoms with Crippen molar-refractivity contribution < 1.29 is 14.3 Å². The van der Waals surface area contributed by atoms with Crippen molar-refractivity contribution in [2.75, 3.05) is 6.54 Å². The molecule has 2 rings (SSSR count). The normalized spacial score (nSPS) is 12.4. The molecule has 5 heteroatoms. The van der Waals surface area contributed by atoms with Crippen LogP contribution in [0.2, 0.25) is 0 Å². The minimum atomic E-state index is -0.407. The summed E-state index contributed by atoms with van der Waals surface area (Å²) < 4.78 is 13.3. The average Bonchev–Trinajstić information content (AvgIpc) is 2.45. The minimum absolute atomic E-state index is 0.236. The van der Waals surface area contributed by atoms with Crippen LogP contribution in [0.3, 0.4) is 0 Å². The van der Waals surface area contributed by atoms with E-state index in [4.69, 9.17) is 0 Å². The van der Waals surface area contributed by atoms with Gasteiger partial charge in [-0.05, 0) is 38.0 Å². The molecule has 2 N–H and O–H groups in total. The summed E-state index contributed by atoms with van der Waals surface area (Å²) in [5, 5.41) is 12.9. The maximum atomic E-state index is 13.3. The van der Waals surface area contributed by atoms with Crippen molar-refractivity contribution in [2.24, 2.45) is 0 Å². The summed E-state index contributed by atoms with van der Waals surface area (Å²) in [6, 6.07) is 5.88. The third kappa shape index (κ3) is 3.76. The van der Waals surface area contributed by atoms with Gasteiger partial charge >= 0.3 is 0 Å². The number of fused-ring (bicyclic) bond motifs is 1. The number of carbonyl (C=O) groups excluding carboxylic acids is 1. The van der Waals surface area contributed by atoms with Crippen LogP contribution < -0.4 is 5.32 Å². The number of rotatable bonds is 5. The van der Waals surface area contributed by atoms with Crippen LogP contribution in [0.15, 0.2) is 24.3 Å². The van der Waals surface area contributed by atoms with E-state index >= 15 is 0 Å². The number of aryl methyl sites for hydroxylation is 1. The van der Waals surface area contributed by atoms with Gasteiger partial charge in [0.25, 0.3) is 5.91 Å². The van der Waals surface area contributed by atoms with E-state index in [1.807, 2.05) is 6.92 Å². The second-order valence-corrected chi connectivity index (χ2v) is 5.08. The summed E-state index contributed by atoms with van der Waals surface area (Å²) in [5.74, 6) is -0.613. The topological polar surface area (TPSA) is 62.2 Å². The van der Waals surface area contributed by atoms with E-state index in [2.05, 4.69) is 10.3 Å². The molecule has 0 aliphatic carbocycles. The Morgan fingerprint density at radius 3 is 2.90 bits per heavy atom. The summed E-state index contributed by atoms with van der Waals surface area (Å²) in [6.45, 7) is 4.06. The summed E-state index contributed by atoms with van der Waals surface area (Å²) in [5.41, 5.74) is 1.60. The molecule has 21 heavy (non-hydrogen) atoms. The Bertz CT molecular complexity index is 653. The second kappa shape index (κ2) is 6.63. The van der Waals surface area contributed by atoms with Crippen LogP contribution in [-0.4, -0.2) is 28.6 Å². The molecule has 1 heterocycles. The molecule has 0 aliphatic rings. The van der Waals surface area contributed by atoms with Crippen LogP contribution in [0.25, 0.3) is 10.9 Å². The van der Waals surface area contributed by atoms with Gasteiger partial charge < -0.3 is 10.4 Å². The number of carbonyl (C=O) groups is 1. The monoisotopic (exact) mass is 290 g/mol. The first-order valence-electron chi connectivity index (χ1n) is 7.04. The Morgan fingerprint density at radius 2 is 2.19 bits per heavy atom. The largest absolute Gasteiger partial charge is 0.393 e. The molecule has 1 atom stereocenters. The quantitative estimate of drug-likeness (QED) is 0.889. The first kappa shape index (κ1) is 15.4. The van der Waals surface area contributed by atoms with Crippen molar-refractivity contribution in [3.8, 4) is 0 Å². The molecule has 0 aliphatic heterocycles. The molecule has 1 aromatic heterocycles. The molecule has 1 amide bonds. The number of nitrogens with one attached hydrogen (secondary N) is 1. The lowest BCUT2D eigenvalue weighted by molar-refractivity contribution is 0.0943. The van der Waals surface area contributed by atoms with E-state index in [-0.39, 0.29) is 11.7 Å². The SMILES string of the molecule is CCC(O)CCNC(=O)c1cc(C)nc2cc(F)ccc12. The lowest BCUT2D eigenvalue weighted by Gasteiger charge is -2.11. The predicted molar refractivity (Wildman–Crippen MR) is 79.7 cm³/mol. The van der Waals surface area contributed by atoms with Crippen LogP contribution in [0.1, 0.15) is 35.8 Å². The number of benzene rings is 1. The van der Waals surface area contributed by atoms with E-state index in [9.17, 15) is 14.3 Å². The number of halogens is 1. The molecular weight excluding hydrogens is 271 g/mol. The third-order valence-electron chi connectivity index (χ3n) is 3.38. The molecule has 1 unspecified atom stereocenters. The van der Waals surface area contributed by atoms with Gasteiger partial charge in [0, 0.05) is 23.7 Å². The van der Waals surface area contributed by atoms with Gasteiger partial charge in [0.2, 0.25) is 0 Å². The third-order valence-corrected chi connectivity index (χ3v) is 3.38. The minimum Gasteiger partial charge on any atom is -0.393 e. The van der Waals surface area contributed by atoms with Crippen LogP contribution >= 0.6 is 0 Å². The molecular formula is C16H19FN2O2. The van der Waals surface area contributed by atoms with Crippen molar-refractivity contribution >= 4 is 16.8 Å². The predicted octanol–water partition coefficient (Wildman–Crippen LogP) is 2.57. The zero-order valence-electron chi connectivity index (χ0n) is 12.2. The van der Waals surface area contributed by atoms with Gasteiger partial charge in [-0.3, -0.25) is 9.78 Å². The van der Waals surface area contributed by atoms with Gasteiger partial charge in [0.15, 0.2) is 0 Å². The Balaban J connectivity index is 2.22. The van der Waals surface area contributed by atoms with E-state index < -0.39 is 6.10 Å².